The van der Waals surface area contributed by atoms with Crippen molar-refractivity contribution in [3.05, 3.63) is 115 Å². The molecule has 0 aliphatic carbocycles. The van der Waals surface area contributed by atoms with Crippen LogP contribution in [0.4, 0.5) is 34.0 Å². The van der Waals surface area contributed by atoms with Crippen LogP contribution in [0.3, 0.4) is 0 Å². The van der Waals surface area contributed by atoms with Crippen LogP contribution in [0.1, 0.15) is 92.1 Å². The maximum absolute atomic E-state index is 13.6. The lowest BCUT2D eigenvalue weighted by Crippen LogP contribution is -2.54. The van der Waals surface area contributed by atoms with Crippen LogP contribution in [0.25, 0.3) is 0 Å². The van der Waals surface area contributed by atoms with Crippen molar-refractivity contribution in [2.75, 3.05) is 101 Å². The normalized spacial score (nSPS) is 17.5. The molecule has 14 nitrogen and oxygen atoms in total. The van der Waals surface area contributed by atoms with Gasteiger partial charge in [-0.1, -0.05) is 12.1 Å². The van der Waals surface area contributed by atoms with E-state index in [0.29, 0.717) is 60.5 Å². The number of amides is 3. The number of pyridine rings is 2. The third-order valence-corrected chi connectivity index (χ3v) is 15.0. The van der Waals surface area contributed by atoms with E-state index >= 15 is 0 Å². The number of nitrogens with one attached hydrogen (secondary N) is 1. The Hall–Kier alpha value is -4.89. The largest absolute Gasteiger partial charge is 0.444 e. The van der Waals surface area contributed by atoms with Crippen LogP contribution in [-0.2, 0) is 17.8 Å². The molecule has 0 unspecified atom stereocenters. The quantitative estimate of drug-likeness (QED) is 0.137. The van der Waals surface area contributed by atoms with E-state index in [9.17, 15) is 31.9 Å². The zero-order valence-electron chi connectivity index (χ0n) is 42.5. The van der Waals surface area contributed by atoms with Gasteiger partial charge >= 0.3 is 6.09 Å². The van der Waals surface area contributed by atoms with E-state index in [-0.39, 0.29) is 31.0 Å². The van der Waals surface area contributed by atoms with Crippen molar-refractivity contribution in [1.29, 1.82) is 0 Å². The van der Waals surface area contributed by atoms with Crippen molar-refractivity contribution < 1.29 is 36.7 Å². The number of halogens is 6. The third kappa shape index (κ3) is 14.9. The summed E-state index contributed by atoms with van der Waals surface area (Å²) in [5.74, 6) is -2.43. The van der Waals surface area contributed by atoms with Gasteiger partial charge in [0.1, 0.15) is 17.2 Å². The molecular weight excluding hydrogens is 1080 g/mol. The second-order valence-corrected chi connectivity index (χ2v) is 21.6. The summed E-state index contributed by atoms with van der Waals surface area (Å²) < 4.78 is 60.7. The predicted octanol–water partition coefficient (Wildman–Crippen LogP) is 8.96. The van der Waals surface area contributed by atoms with E-state index in [1.54, 1.807) is 39.2 Å². The first-order valence-corrected chi connectivity index (χ1v) is 26.9. The van der Waals surface area contributed by atoms with Crippen molar-refractivity contribution in [3.63, 3.8) is 0 Å². The average Bonchev–Trinajstić information content (AvgIpc) is 3.39. The van der Waals surface area contributed by atoms with Crippen LogP contribution < -0.4 is 15.1 Å². The monoisotopic (exact) mass is 1140 g/mol. The van der Waals surface area contributed by atoms with Gasteiger partial charge in [-0.2, -0.15) is 0 Å². The van der Waals surface area contributed by atoms with Crippen LogP contribution in [-0.4, -0.2) is 162 Å². The molecule has 3 amide bonds. The average molecular weight is 1140 g/mol. The molecule has 1 N–H and O–H groups in total. The number of carbonyl (C=O) groups is 3. The molecule has 396 valence electrons. The smallest absolute Gasteiger partial charge is 0.410 e. The zero-order chi connectivity index (χ0) is 52.4. The highest BCUT2D eigenvalue weighted by molar-refractivity contribution is 9.11. The van der Waals surface area contributed by atoms with E-state index in [4.69, 9.17) is 4.74 Å². The maximum atomic E-state index is 13.6. The van der Waals surface area contributed by atoms with Gasteiger partial charge in [-0.15, -0.1) is 0 Å². The van der Waals surface area contributed by atoms with Gasteiger partial charge in [0, 0.05) is 116 Å². The van der Waals surface area contributed by atoms with Crippen LogP contribution in [0.5, 0.6) is 0 Å². The summed E-state index contributed by atoms with van der Waals surface area (Å²) >= 11 is 7.22. The number of anilines is 2. The number of carbonyl (C=O) groups excluding carboxylic acids is 3. The van der Waals surface area contributed by atoms with Crippen LogP contribution >= 0.6 is 31.9 Å². The number of likely N-dealkylation sites (tertiary alicyclic amines) is 1. The van der Waals surface area contributed by atoms with Gasteiger partial charge in [0.2, 0.25) is 0 Å². The first kappa shape index (κ1) is 55.9. The number of nitrogens with zero attached hydrogens (tertiary/aromatic N) is 9. The van der Waals surface area contributed by atoms with E-state index in [1.807, 2.05) is 34.6 Å². The molecular formula is C53H68Br2F4N10O4. The number of hydrogen-bond donors (Lipinski definition) is 1. The molecule has 6 heterocycles. The molecule has 4 saturated heterocycles. The van der Waals surface area contributed by atoms with Crippen LogP contribution in [0, 0.1) is 23.3 Å². The molecule has 0 radical (unpaired) electrons. The van der Waals surface area contributed by atoms with Crippen molar-refractivity contribution in [2.45, 2.75) is 91.1 Å². The summed E-state index contributed by atoms with van der Waals surface area (Å²) in [5, 5.41) is 3.42. The Morgan fingerprint density at radius 2 is 1.03 bits per heavy atom. The zero-order valence-corrected chi connectivity index (χ0v) is 45.7. The van der Waals surface area contributed by atoms with Crippen LogP contribution in [0.15, 0.2) is 69.9 Å². The molecule has 8 rings (SSSR count). The molecule has 2 aromatic heterocycles. The standard InChI is InChI=1S/C29H38BrF2N5O3.C24H30BrF2N5O/c1-5-34(19-20-6-7-24(31)25(32)16-20)27(38)21-17-23(30)26(33-18-21)36-14-12-35(13-15-36)22-8-10-37(11-9-22)28(39)40-29(2,3)4;1-2-30(16-17-3-4-21(26)22(27)13-17)24(33)18-14-20(25)23(29-15-18)32-11-9-31(10-12-32)19-5-7-28-8-6-19/h6-7,16-18,22H,5,8-15,19H2,1-4H3;3-4,13-15,19,28H,2,5-12,16H2,1H3. The summed E-state index contributed by atoms with van der Waals surface area (Å²) in [6.07, 6.45) is 7.21. The predicted molar refractivity (Wildman–Crippen MR) is 282 cm³/mol. The van der Waals surface area contributed by atoms with Gasteiger partial charge < -0.3 is 34.6 Å². The van der Waals surface area contributed by atoms with Gasteiger partial charge in [0.15, 0.2) is 23.3 Å². The Morgan fingerprint density at radius 1 is 0.616 bits per heavy atom. The van der Waals surface area contributed by atoms with E-state index < -0.39 is 28.9 Å². The molecule has 20 heteroatoms. The molecule has 73 heavy (non-hydrogen) atoms. The molecule has 2 aromatic carbocycles. The van der Waals surface area contributed by atoms with E-state index in [0.717, 1.165) is 123 Å². The van der Waals surface area contributed by atoms with E-state index in [2.05, 4.69) is 66.7 Å². The fourth-order valence-electron chi connectivity index (χ4n) is 9.81. The number of piperidine rings is 2. The second kappa shape index (κ2) is 25.6. The summed E-state index contributed by atoms with van der Waals surface area (Å²) in [4.78, 5) is 62.3. The summed E-state index contributed by atoms with van der Waals surface area (Å²) in [6, 6.07) is 12.1. The Bertz CT molecular complexity index is 2530. The Kier molecular flexibility index (Phi) is 19.6. The molecule has 4 aliphatic rings. The number of rotatable bonds is 12. The number of ether oxygens (including phenoxy) is 1. The first-order chi connectivity index (χ1) is 34.9. The lowest BCUT2D eigenvalue weighted by molar-refractivity contribution is 0.0139. The fourth-order valence-corrected chi connectivity index (χ4v) is 11.0. The Labute approximate surface area is 443 Å². The molecule has 0 atom stereocenters. The highest BCUT2D eigenvalue weighted by atomic mass is 79.9. The second-order valence-electron chi connectivity index (χ2n) is 19.9. The third-order valence-electron chi connectivity index (χ3n) is 13.9. The number of piperazine rings is 2. The van der Waals surface area contributed by atoms with Gasteiger partial charge in [0.05, 0.1) is 20.1 Å². The fraction of sp³-hybridized carbons (Fsp3) is 0.528. The summed E-state index contributed by atoms with van der Waals surface area (Å²) in [6.45, 7) is 21.4. The lowest BCUT2D eigenvalue weighted by Gasteiger charge is -2.43. The van der Waals surface area contributed by atoms with Gasteiger partial charge in [0.25, 0.3) is 11.8 Å². The molecule has 4 aromatic rings. The lowest BCUT2D eigenvalue weighted by atomic mass is 10.0. The van der Waals surface area contributed by atoms with Crippen LogP contribution in [0.2, 0.25) is 0 Å². The van der Waals surface area contributed by atoms with Crippen molar-refractivity contribution in [2.24, 2.45) is 0 Å². The van der Waals surface area contributed by atoms with Crippen molar-refractivity contribution >= 4 is 61.4 Å². The molecule has 0 saturated carbocycles. The number of benzene rings is 2. The Morgan fingerprint density at radius 3 is 1.40 bits per heavy atom. The van der Waals surface area contributed by atoms with Gasteiger partial charge in [-0.05, 0) is 153 Å². The van der Waals surface area contributed by atoms with Gasteiger partial charge in [-0.3, -0.25) is 19.4 Å². The topological polar surface area (TPSA) is 121 Å². The minimum Gasteiger partial charge on any atom is -0.444 e. The number of aromatic nitrogens is 2. The highest BCUT2D eigenvalue weighted by Crippen LogP contribution is 2.30. The van der Waals surface area contributed by atoms with Gasteiger partial charge in [-0.25, -0.2) is 32.3 Å². The molecule has 4 fully saturated rings. The van der Waals surface area contributed by atoms with Crippen molar-refractivity contribution in [1.82, 2.24) is 39.8 Å². The summed E-state index contributed by atoms with van der Waals surface area (Å²) in [7, 11) is 0. The molecule has 4 aliphatic heterocycles. The molecule has 0 spiro atoms. The van der Waals surface area contributed by atoms with Crippen molar-refractivity contribution in [3.8, 4) is 0 Å². The maximum Gasteiger partial charge on any atom is 0.410 e. The first-order valence-electron chi connectivity index (χ1n) is 25.3. The number of hydrogen-bond acceptors (Lipinski definition) is 11. The minimum absolute atomic E-state index is 0.171. The summed E-state index contributed by atoms with van der Waals surface area (Å²) in [5.41, 5.74) is 1.46. The Balaban J connectivity index is 0.000000218. The SMILES string of the molecule is CCN(Cc1ccc(F)c(F)c1)C(=O)c1cnc(N2CCN(C3CCN(C(=O)OC(C)(C)C)CC3)CC2)c(Br)c1.CCN(Cc1ccc(F)c(F)c1)C(=O)c1cnc(N2CCN(C3CCNCC3)CC2)c(Br)c1. The van der Waals surface area contributed by atoms with E-state index in [1.165, 1.54) is 25.0 Å². The highest BCUT2D eigenvalue weighted by Gasteiger charge is 2.32. The minimum atomic E-state index is -0.930. The molecule has 0 bridgehead atoms.